The van der Waals surface area contributed by atoms with Crippen molar-refractivity contribution in [3.05, 3.63) is 53.2 Å². The van der Waals surface area contributed by atoms with Crippen molar-refractivity contribution in [2.45, 2.75) is 32.2 Å². The third kappa shape index (κ3) is 3.67. The molecule has 2 aromatic rings. The summed E-state index contributed by atoms with van der Waals surface area (Å²) in [5.41, 5.74) is 3.90. The summed E-state index contributed by atoms with van der Waals surface area (Å²) in [6, 6.07) is 5.87. The zero-order valence-corrected chi connectivity index (χ0v) is 14.7. The number of rotatable bonds is 4. The van der Waals surface area contributed by atoms with Gasteiger partial charge in [0.15, 0.2) is 0 Å². The summed E-state index contributed by atoms with van der Waals surface area (Å²) in [6.07, 6.45) is 5.59. The summed E-state index contributed by atoms with van der Waals surface area (Å²) < 4.78 is 5.15. The maximum atomic E-state index is 12.5. The van der Waals surface area contributed by atoms with Gasteiger partial charge in [0.25, 0.3) is 5.91 Å². The Hall–Kier alpha value is -2.14. The molecule has 5 heteroatoms. The number of aromatic nitrogens is 1. The maximum Gasteiger partial charge on any atom is 0.255 e. The van der Waals surface area contributed by atoms with Gasteiger partial charge in [-0.15, -0.1) is 0 Å². The minimum Gasteiger partial charge on any atom is -0.472 e. The number of carbonyl (C=O) groups excluding carboxylic acids is 1. The van der Waals surface area contributed by atoms with Crippen LogP contribution in [0.15, 0.2) is 35.1 Å². The first-order valence-corrected chi connectivity index (χ1v) is 8.47. The van der Waals surface area contributed by atoms with Gasteiger partial charge in [0.05, 0.1) is 23.8 Å². The van der Waals surface area contributed by atoms with Crippen LogP contribution in [0.5, 0.6) is 0 Å². The Morgan fingerprint density at radius 1 is 1.29 bits per heavy atom. The van der Waals surface area contributed by atoms with E-state index in [2.05, 4.69) is 4.90 Å². The average Bonchev–Trinajstić information content (AvgIpc) is 3.08. The molecule has 0 aromatic carbocycles. The van der Waals surface area contributed by atoms with Gasteiger partial charge >= 0.3 is 0 Å². The molecule has 3 heterocycles. The van der Waals surface area contributed by atoms with E-state index in [1.807, 2.05) is 31.4 Å². The lowest BCUT2D eigenvalue weighted by atomic mass is 9.89. The summed E-state index contributed by atoms with van der Waals surface area (Å²) in [5.74, 6) is 0.391. The van der Waals surface area contributed by atoms with Crippen LogP contribution in [0.2, 0.25) is 0 Å². The Morgan fingerprint density at radius 2 is 2.04 bits per heavy atom. The molecular formula is C19H25N3O2. The Labute approximate surface area is 143 Å². The van der Waals surface area contributed by atoms with Gasteiger partial charge in [-0.1, -0.05) is 0 Å². The van der Waals surface area contributed by atoms with E-state index in [0.717, 1.165) is 49.4 Å². The van der Waals surface area contributed by atoms with Crippen LogP contribution in [0.25, 0.3) is 0 Å². The number of furan rings is 1. The number of pyridine rings is 1. The van der Waals surface area contributed by atoms with Crippen molar-refractivity contribution in [2.75, 3.05) is 27.2 Å². The van der Waals surface area contributed by atoms with Gasteiger partial charge in [-0.25, -0.2) is 0 Å². The van der Waals surface area contributed by atoms with Crippen LogP contribution >= 0.6 is 0 Å². The summed E-state index contributed by atoms with van der Waals surface area (Å²) in [5, 5.41) is 0. The molecule has 0 radical (unpaired) electrons. The largest absolute Gasteiger partial charge is 0.472 e. The van der Waals surface area contributed by atoms with E-state index in [9.17, 15) is 4.79 Å². The van der Waals surface area contributed by atoms with Crippen LogP contribution in [0, 0.1) is 6.92 Å². The molecule has 128 valence electrons. The molecule has 5 nitrogen and oxygen atoms in total. The number of hydrogen-bond acceptors (Lipinski definition) is 4. The Morgan fingerprint density at radius 3 is 2.67 bits per heavy atom. The molecule has 1 aliphatic rings. The molecule has 24 heavy (non-hydrogen) atoms. The van der Waals surface area contributed by atoms with Crippen LogP contribution in [-0.2, 0) is 6.54 Å². The molecule has 0 unspecified atom stereocenters. The Bertz CT molecular complexity index is 687. The zero-order valence-electron chi connectivity index (χ0n) is 14.7. The first-order valence-electron chi connectivity index (χ1n) is 8.47. The van der Waals surface area contributed by atoms with Crippen LogP contribution in [0.3, 0.4) is 0 Å². The third-order valence-electron chi connectivity index (χ3n) is 4.66. The first kappa shape index (κ1) is 16.7. The van der Waals surface area contributed by atoms with Gasteiger partial charge in [-0.3, -0.25) is 14.7 Å². The fourth-order valence-electron chi connectivity index (χ4n) is 3.32. The fourth-order valence-corrected chi connectivity index (χ4v) is 3.32. The maximum absolute atomic E-state index is 12.5. The highest BCUT2D eigenvalue weighted by Crippen LogP contribution is 2.30. The predicted octanol–water partition coefficient (Wildman–Crippen LogP) is 3.06. The van der Waals surface area contributed by atoms with E-state index in [0.29, 0.717) is 5.92 Å². The quantitative estimate of drug-likeness (QED) is 0.866. The highest BCUT2D eigenvalue weighted by atomic mass is 16.3. The number of nitrogens with zero attached hydrogens (tertiary/aromatic N) is 3. The minimum atomic E-state index is 0.0401. The summed E-state index contributed by atoms with van der Waals surface area (Å²) in [4.78, 5) is 21.2. The normalized spacial score (nSPS) is 16.3. The average molecular weight is 327 g/mol. The van der Waals surface area contributed by atoms with Crippen molar-refractivity contribution in [3.8, 4) is 0 Å². The standard InChI is InChI=1S/C19H25N3O2/c1-14-4-5-17(19(23)21(2)3)18(20-14)16-6-9-22(10-7-16)12-15-8-11-24-13-15/h4-5,8,11,13,16H,6-7,9-10,12H2,1-3H3. The molecule has 0 aliphatic carbocycles. The van der Waals surface area contributed by atoms with Crippen molar-refractivity contribution >= 4 is 5.91 Å². The number of carbonyl (C=O) groups is 1. The SMILES string of the molecule is Cc1ccc(C(=O)N(C)C)c(C2CCN(Cc3ccoc3)CC2)n1. The summed E-state index contributed by atoms with van der Waals surface area (Å²) in [6.45, 7) is 4.94. The van der Waals surface area contributed by atoms with Gasteiger partial charge < -0.3 is 9.32 Å². The molecule has 1 amide bonds. The number of likely N-dealkylation sites (tertiary alicyclic amines) is 1. The van der Waals surface area contributed by atoms with Crippen molar-refractivity contribution < 1.29 is 9.21 Å². The minimum absolute atomic E-state index is 0.0401. The van der Waals surface area contributed by atoms with E-state index in [1.54, 1.807) is 25.3 Å². The van der Waals surface area contributed by atoms with Gasteiger partial charge in [0.2, 0.25) is 0 Å². The van der Waals surface area contributed by atoms with Crippen molar-refractivity contribution in [3.63, 3.8) is 0 Å². The second kappa shape index (κ2) is 7.18. The molecule has 1 fully saturated rings. The van der Waals surface area contributed by atoms with E-state index in [4.69, 9.17) is 9.40 Å². The zero-order chi connectivity index (χ0) is 17.1. The molecule has 1 saturated heterocycles. The topological polar surface area (TPSA) is 49.6 Å². The van der Waals surface area contributed by atoms with E-state index in [1.165, 1.54) is 5.56 Å². The second-order valence-electron chi connectivity index (χ2n) is 6.77. The number of hydrogen-bond donors (Lipinski definition) is 0. The Balaban J connectivity index is 1.71. The molecule has 0 atom stereocenters. The molecule has 1 aliphatic heterocycles. The van der Waals surface area contributed by atoms with Crippen molar-refractivity contribution in [1.29, 1.82) is 0 Å². The molecular weight excluding hydrogens is 302 g/mol. The molecule has 0 N–H and O–H groups in total. The lowest BCUT2D eigenvalue weighted by molar-refractivity contribution is 0.0824. The highest BCUT2D eigenvalue weighted by Gasteiger charge is 2.26. The summed E-state index contributed by atoms with van der Waals surface area (Å²) >= 11 is 0. The molecule has 0 saturated carbocycles. The molecule has 0 bridgehead atoms. The van der Waals surface area contributed by atoms with E-state index >= 15 is 0 Å². The lowest BCUT2D eigenvalue weighted by Crippen LogP contribution is -2.33. The predicted molar refractivity (Wildman–Crippen MR) is 93.0 cm³/mol. The first-order chi connectivity index (χ1) is 11.5. The second-order valence-corrected chi connectivity index (χ2v) is 6.77. The van der Waals surface area contributed by atoms with Gasteiger partial charge in [0.1, 0.15) is 0 Å². The number of piperidine rings is 1. The lowest BCUT2D eigenvalue weighted by Gasteiger charge is -2.32. The number of aryl methyl sites for hydroxylation is 1. The van der Waals surface area contributed by atoms with Crippen LogP contribution in [0.1, 0.15) is 46.1 Å². The molecule has 2 aromatic heterocycles. The fraction of sp³-hybridized carbons (Fsp3) is 0.474. The van der Waals surface area contributed by atoms with Crippen LogP contribution in [-0.4, -0.2) is 47.9 Å². The monoisotopic (exact) mass is 327 g/mol. The third-order valence-corrected chi connectivity index (χ3v) is 4.66. The van der Waals surface area contributed by atoms with E-state index < -0.39 is 0 Å². The van der Waals surface area contributed by atoms with Gasteiger partial charge in [-0.2, -0.15) is 0 Å². The van der Waals surface area contributed by atoms with Gasteiger partial charge in [-0.05, 0) is 51.1 Å². The Kier molecular flexibility index (Phi) is 5.00. The smallest absolute Gasteiger partial charge is 0.255 e. The number of amides is 1. The van der Waals surface area contributed by atoms with Gasteiger partial charge in [0, 0.05) is 37.8 Å². The van der Waals surface area contributed by atoms with Crippen molar-refractivity contribution in [2.24, 2.45) is 0 Å². The highest BCUT2D eigenvalue weighted by molar-refractivity contribution is 5.95. The van der Waals surface area contributed by atoms with Crippen LogP contribution < -0.4 is 0 Å². The molecule has 3 rings (SSSR count). The van der Waals surface area contributed by atoms with E-state index in [-0.39, 0.29) is 5.91 Å². The van der Waals surface area contributed by atoms with Crippen molar-refractivity contribution in [1.82, 2.24) is 14.8 Å². The summed E-state index contributed by atoms with van der Waals surface area (Å²) in [7, 11) is 3.58. The van der Waals surface area contributed by atoms with Crippen LogP contribution in [0.4, 0.5) is 0 Å². The molecule has 0 spiro atoms.